The first-order chi connectivity index (χ1) is 29.6. The van der Waals surface area contributed by atoms with E-state index < -0.39 is 12.3 Å². The van der Waals surface area contributed by atoms with Gasteiger partial charge in [0.2, 0.25) is 5.95 Å². The van der Waals surface area contributed by atoms with Crippen LogP contribution in [0.2, 0.25) is 0 Å². The Morgan fingerprint density at radius 1 is 0.586 bits per heavy atom. The Morgan fingerprint density at radius 2 is 1.22 bits per heavy atom. The molecule has 3 heterocycles. The van der Waals surface area contributed by atoms with Crippen LogP contribution in [0.5, 0.6) is 11.5 Å². The Kier molecular flexibility index (Phi) is 6.29. The van der Waals surface area contributed by atoms with E-state index >= 15 is 0 Å². The van der Waals surface area contributed by atoms with Crippen LogP contribution >= 0.6 is 0 Å². The monoisotopic (exact) mass is 750 g/mol. The van der Waals surface area contributed by atoms with Crippen molar-refractivity contribution >= 4 is 22.7 Å². The third kappa shape index (κ3) is 4.66. The van der Waals surface area contributed by atoms with Crippen LogP contribution in [0.1, 0.15) is 46.2 Å². The molecule has 0 radical (unpaired) electrons. The highest BCUT2D eigenvalue weighted by Crippen LogP contribution is 2.53. The summed E-state index contributed by atoms with van der Waals surface area (Å²) in [7, 11) is 0. The van der Waals surface area contributed by atoms with Crippen molar-refractivity contribution in [2.24, 2.45) is 0 Å². The molecule has 1 aromatic heterocycles. The van der Waals surface area contributed by atoms with E-state index in [-0.39, 0.29) is 12.1 Å². The van der Waals surface area contributed by atoms with Gasteiger partial charge in [0.15, 0.2) is 0 Å². The molecule has 4 heteroatoms. The van der Waals surface area contributed by atoms with Crippen molar-refractivity contribution in [2.45, 2.75) is 45.1 Å². The smallest absolute Gasteiger partial charge is 0.212 e. The predicted octanol–water partition coefficient (Wildman–Crippen LogP) is 13.9. The fourth-order valence-corrected chi connectivity index (χ4v) is 10.1. The molecular formula is C54H41N3O. The minimum atomic E-state index is -2.33. The lowest BCUT2D eigenvalue weighted by Crippen LogP contribution is -2.29. The van der Waals surface area contributed by atoms with Gasteiger partial charge >= 0.3 is 0 Å². The number of hydrogen-bond donors (Lipinski definition) is 0. The number of nitrogens with zero attached hydrogens (tertiary/aromatic N) is 3. The van der Waals surface area contributed by atoms with Crippen molar-refractivity contribution in [3.05, 3.63) is 186 Å². The highest BCUT2D eigenvalue weighted by atomic mass is 16.5. The summed E-state index contributed by atoms with van der Waals surface area (Å²) < 4.78 is 35.6. The normalized spacial score (nSPS) is 20.1. The zero-order valence-corrected chi connectivity index (χ0v) is 32.5. The summed E-state index contributed by atoms with van der Waals surface area (Å²) in [4.78, 5) is 7.63. The second kappa shape index (κ2) is 12.0. The predicted molar refractivity (Wildman–Crippen MR) is 238 cm³/mol. The first-order valence-corrected chi connectivity index (χ1v) is 20.1. The van der Waals surface area contributed by atoms with E-state index in [2.05, 4.69) is 156 Å². The van der Waals surface area contributed by atoms with Crippen molar-refractivity contribution in [2.75, 3.05) is 4.90 Å². The standard InChI is InChI=1S/C54H41N3O/c1-32-21-26-45-51(27-32)58-52-28-33(2)42(31-46(52)54(45,3)4)34-22-24-41-43(29-34)39-16-8-7-14-37(39)36-13-5-6-15-38(36)40-25-23-35(30-44(40)41)56-49-19-11-12-20-50(49)57-48-18-10-9-17-47(48)55-53(56)57/h5-31,49-50H,1-4H3/i3D3. The molecule has 0 fully saturated rings. The van der Waals surface area contributed by atoms with Gasteiger partial charge in [0.05, 0.1) is 23.1 Å². The summed E-state index contributed by atoms with van der Waals surface area (Å²) in [6.07, 6.45) is 8.87. The maximum atomic E-state index is 8.91. The van der Waals surface area contributed by atoms with Crippen molar-refractivity contribution in [1.29, 1.82) is 0 Å². The molecule has 7 aromatic carbocycles. The average Bonchev–Trinajstić information content (AvgIpc) is 3.80. The van der Waals surface area contributed by atoms with Crippen LogP contribution in [0, 0.1) is 13.8 Å². The zero-order valence-electron chi connectivity index (χ0n) is 35.5. The maximum absolute atomic E-state index is 8.91. The number of allylic oxidation sites excluding steroid dienone is 2. The van der Waals surface area contributed by atoms with Crippen molar-refractivity contribution in [1.82, 2.24) is 9.55 Å². The van der Waals surface area contributed by atoms with Gasteiger partial charge in [-0.25, -0.2) is 4.98 Å². The molecule has 0 saturated heterocycles. The van der Waals surface area contributed by atoms with E-state index in [1.54, 1.807) is 0 Å². The molecule has 8 aromatic rings. The Hall–Kier alpha value is -6.91. The van der Waals surface area contributed by atoms with Crippen LogP contribution in [-0.4, -0.2) is 15.6 Å². The lowest BCUT2D eigenvalue weighted by molar-refractivity contribution is 0.417. The molecule has 4 aliphatic rings. The van der Waals surface area contributed by atoms with Crippen molar-refractivity contribution < 1.29 is 8.85 Å². The zero-order chi connectivity index (χ0) is 41.4. The van der Waals surface area contributed by atoms with Crippen LogP contribution < -0.4 is 9.64 Å². The van der Waals surface area contributed by atoms with Gasteiger partial charge in [0.1, 0.15) is 11.5 Å². The van der Waals surface area contributed by atoms with E-state index in [0.29, 0.717) is 22.6 Å². The van der Waals surface area contributed by atoms with E-state index in [9.17, 15) is 0 Å². The van der Waals surface area contributed by atoms with Gasteiger partial charge in [-0.05, 0) is 129 Å². The van der Waals surface area contributed by atoms with Gasteiger partial charge in [-0.1, -0.05) is 129 Å². The van der Waals surface area contributed by atoms with Gasteiger partial charge in [0.25, 0.3) is 0 Å². The molecule has 2 aliphatic carbocycles. The highest BCUT2D eigenvalue weighted by molar-refractivity contribution is 6.05. The van der Waals surface area contributed by atoms with Gasteiger partial charge < -0.3 is 14.2 Å². The molecule has 0 N–H and O–H groups in total. The molecule has 0 saturated carbocycles. The number of rotatable bonds is 2. The number of anilines is 2. The molecule has 0 spiro atoms. The molecule has 12 rings (SSSR count). The van der Waals surface area contributed by atoms with Crippen LogP contribution in [0.15, 0.2) is 164 Å². The summed E-state index contributed by atoms with van der Waals surface area (Å²) in [6, 6.07) is 49.6. The Morgan fingerprint density at radius 3 is 2.00 bits per heavy atom. The lowest BCUT2D eigenvalue weighted by Gasteiger charge is -2.35. The van der Waals surface area contributed by atoms with Crippen molar-refractivity contribution in [3.63, 3.8) is 0 Å². The number of benzene rings is 7. The average molecular weight is 751 g/mol. The number of aromatic nitrogens is 2. The fourth-order valence-electron chi connectivity index (χ4n) is 10.1. The fraction of sp³-hybridized carbons (Fsp3) is 0.130. The summed E-state index contributed by atoms with van der Waals surface area (Å²) in [5.41, 5.74) is 16.5. The number of fused-ring (bicyclic) bond motifs is 15. The molecule has 58 heavy (non-hydrogen) atoms. The molecule has 4 nitrogen and oxygen atoms in total. The maximum Gasteiger partial charge on any atom is 0.212 e. The molecule has 0 bridgehead atoms. The Balaban J connectivity index is 1.08. The van der Waals surface area contributed by atoms with Gasteiger partial charge in [0, 0.05) is 26.3 Å². The number of imidazole rings is 1. The minimum absolute atomic E-state index is 0.0751. The van der Waals surface area contributed by atoms with Crippen LogP contribution in [0.3, 0.4) is 0 Å². The van der Waals surface area contributed by atoms with E-state index in [1.807, 2.05) is 38.1 Å². The molecular weight excluding hydrogens is 707 g/mol. The highest BCUT2D eigenvalue weighted by Gasteiger charge is 2.40. The third-order valence-electron chi connectivity index (χ3n) is 12.9. The number of hydrogen-bond acceptors (Lipinski definition) is 3. The Bertz CT molecular complexity index is 3250. The second-order valence-corrected chi connectivity index (χ2v) is 16.4. The quantitative estimate of drug-likeness (QED) is 0.176. The van der Waals surface area contributed by atoms with Crippen LogP contribution in [0.25, 0.3) is 66.7 Å². The minimum Gasteiger partial charge on any atom is -0.457 e. The molecule has 3 atom stereocenters. The topological polar surface area (TPSA) is 30.3 Å². The number of aryl methyl sites for hydroxylation is 2. The molecule has 3 unspecified atom stereocenters. The van der Waals surface area contributed by atoms with Gasteiger partial charge in [-0.3, -0.25) is 0 Å². The van der Waals surface area contributed by atoms with Crippen LogP contribution in [-0.2, 0) is 5.41 Å². The first kappa shape index (κ1) is 30.3. The molecule has 278 valence electrons. The molecule has 2 aliphatic heterocycles. The second-order valence-electron chi connectivity index (χ2n) is 16.4. The molecule has 0 amide bonds. The largest absolute Gasteiger partial charge is 0.457 e. The van der Waals surface area contributed by atoms with Crippen molar-refractivity contribution in [3.8, 4) is 67.1 Å². The van der Waals surface area contributed by atoms with E-state index in [1.165, 1.54) is 16.7 Å². The van der Waals surface area contributed by atoms with Gasteiger partial charge in [-0.15, -0.1) is 0 Å². The summed E-state index contributed by atoms with van der Waals surface area (Å²) in [5, 5.41) is 0. The van der Waals surface area contributed by atoms with E-state index in [0.717, 1.165) is 72.7 Å². The van der Waals surface area contributed by atoms with Crippen LogP contribution in [0.4, 0.5) is 11.6 Å². The summed E-state index contributed by atoms with van der Waals surface area (Å²) >= 11 is 0. The number of ether oxygens (including phenoxy) is 1. The number of para-hydroxylation sites is 2. The summed E-state index contributed by atoms with van der Waals surface area (Å²) in [6.45, 7) is 3.60. The SMILES string of the molecule is [2H]C([2H])([2H])C1(C)c2ccc(C)cc2Oc2cc(C)c(-c3ccc4c(c3)-c3ccccc3-c3ccccc3-c3ccc(N5c6nc7ccccc7n6C6C=CC=CC65)cc3-4)cc21. The summed E-state index contributed by atoms with van der Waals surface area (Å²) in [5.74, 6) is 2.13. The third-order valence-corrected chi connectivity index (χ3v) is 12.9. The Labute approximate surface area is 343 Å². The first-order valence-electron chi connectivity index (χ1n) is 21.6. The van der Waals surface area contributed by atoms with Gasteiger partial charge in [-0.2, -0.15) is 0 Å². The lowest BCUT2D eigenvalue weighted by atomic mass is 9.74. The van der Waals surface area contributed by atoms with E-state index in [4.69, 9.17) is 13.8 Å².